The van der Waals surface area contributed by atoms with Crippen molar-refractivity contribution in [1.29, 1.82) is 0 Å². The molecule has 141 heavy (non-hydrogen) atoms. The van der Waals surface area contributed by atoms with E-state index in [1.54, 1.807) is 109 Å². The number of aromatic carboxylic acids is 1. The largest absolute Gasteiger partial charge is 0.481 e. The molecule has 0 aliphatic carbocycles. The van der Waals surface area contributed by atoms with E-state index in [4.69, 9.17) is 40.9 Å². The minimum atomic E-state index is -0.865. The summed E-state index contributed by atoms with van der Waals surface area (Å²) in [5.74, 6) is -6.49. The maximum absolute atomic E-state index is 10.8. The molecular formula is C109H210O32. The lowest BCUT2D eigenvalue weighted by molar-refractivity contribution is -0.151. The standard InChI is InChI=1S/C11H14O2.8C7H14O2.7C6H12O2/c1-3-8(2)9-4-6-10(7-5-9)11(12)13;8*1-5-7(2,3)6(8)9-4;7*1-4-6(2,3)5(7)8/h4-8H,3H2,1-2H3,(H,12,13);8*5H2,1-4H3;7*4H2,1-3H3,(H,7,8). The average molecular weight is 2030 g/mol. The highest BCUT2D eigenvalue weighted by Gasteiger charge is 2.34. The number of carbonyl (C=O) groups excluding carboxylic acids is 8. The predicted octanol–water partition coefficient (Wildman–Crippen LogP) is 26.2. The second kappa shape index (κ2) is 80.1. The molecule has 0 bridgehead atoms. The van der Waals surface area contributed by atoms with Crippen LogP contribution in [0.3, 0.4) is 0 Å². The molecule has 1 aromatic rings. The van der Waals surface area contributed by atoms with Crippen molar-refractivity contribution in [3.05, 3.63) is 35.4 Å². The lowest BCUT2D eigenvalue weighted by atomic mass is 9.91. The van der Waals surface area contributed by atoms with Gasteiger partial charge in [0.1, 0.15) is 0 Å². The van der Waals surface area contributed by atoms with E-state index in [1.807, 2.05) is 227 Å². The van der Waals surface area contributed by atoms with Gasteiger partial charge >= 0.3 is 95.5 Å². The van der Waals surface area contributed by atoms with Gasteiger partial charge in [0.05, 0.1) is 144 Å². The third-order valence-electron chi connectivity index (χ3n) is 25.6. The molecule has 0 aromatic heterocycles. The van der Waals surface area contributed by atoms with Crippen LogP contribution in [0.15, 0.2) is 24.3 Å². The van der Waals surface area contributed by atoms with E-state index in [1.165, 1.54) is 62.4 Å². The zero-order valence-corrected chi connectivity index (χ0v) is 99.1. The van der Waals surface area contributed by atoms with Gasteiger partial charge in [0.2, 0.25) is 0 Å². The van der Waals surface area contributed by atoms with Gasteiger partial charge in [-0.25, -0.2) is 4.79 Å². The normalized spacial score (nSPS) is 11.3. The number of methoxy groups -OCH3 is 8. The van der Waals surface area contributed by atoms with E-state index >= 15 is 0 Å². The molecule has 0 fully saturated rings. The lowest BCUT2D eigenvalue weighted by Gasteiger charge is -2.17. The van der Waals surface area contributed by atoms with E-state index in [-0.39, 0.29) is 91.1 Å². The minimum absolute atomic E-state index is 0.134. The number of aliphatic carboxylic acids is 7. The molecule has 1 unspecified atom stereocenters. The van der Waals surface area contributed by atoms with Crippen LogP contribution in [0, 0.1) is 81.2 Å². The van der Waals surface area contributed by atoms with Crippen molar-refractivity contribution in [3.8, 4) is 0 Å². The predicted molar refractivity (Wildman–Crippen MR) is 563 cm³/mol. The van der Waals surface area contributed by atoms with Crippen LogP contribution in [0.1, 0.15) is 450 Å². The fourth-order valence-electron chi connectivity index (χ4n) is 5.61. The molecule has 32 nitrogen and oxygen atoms in total. The van der Waals surface area contributed by atoms with Gasteiger partial charge in [-0.15, -0.1) is 0 Å². The van der Waals surface area contributed by atoms with Crippen molar-refractivity contribution in [2.24, 2.45) is 81.2 Å². The topological polar surface area (TPSA) is 509 Å². The molecule has 1 aromatic carbocycles. The van der Waals surface area contributed by atoms with E-state index in [2.05, 4.69) is 51.7 Å². The summed E-state index contributed by atoms with van der Waals surface area (Å²) in [6, 6.07) is 7.09. The summed E-state index contributed by atoms with van der Waals surface area (Å²) in [6.07, 6.45) is 12.4. The zero-order valence-electron chi connectivity index (χ0n) is 99.1. The average Bonchev–Trinajstić information content (AvgIpc) is 0.875. The Kier molecular flexibility index (Phi) is 93.9. The van der Waals surface area contributed by atoms with Gasteiger partial charge < -0.3 is 78.7 Å². The Morgan fingerprint density at radius 3 is 0.326 bits per heavy atom. The second-order valence-electron chi connectivity index (χ2n) is 42.9. The fourth-order valence-corrected chi connectivity index (χ4v) is 5.61. The first-order chi connectivity index (χ1) is 63.0. The molecule has 0 aliphatic rings. The van der Waals surface area contributed by atoms with Crippen molar-refractivity contribution in [1.82, 2.24) is 0 Å². The summed E-state index contributed by atoms with van der Waals surface area (Å²) >= 11 is 0. The first kappa shape index (κ1) is 165. The second-order valence-corrected chi connectivity index (χ2v) is 42.9. The number of benzene rings is 1. The number of esters is 8. The summed E-state index contributed by atoms with van der Waals surface area (Å²) in [5.41, 5.74) is -4.72. The van der Waals surface area contributed by atoms with Crippen LogP contribution in [-0.4, -0.2) is 193 Å². The van der Waals surface area contributed by atoms with Crippen LogP contribution < -0.4 is 0 Å². The summed E-state index contributed by atoms with van der Waals surface area (Å²) in [4.78, 5) is 169. The molecule has 0 radical (unpaired) electrons. The lowest BCUT2D eigenvalue weighted by Crippen LogP contribution is -2.24. The third kappa shape index (κ3) is 82.8. The molecule has 0 spiro atoms. The van der Waals surface area contributed by atoms with Crippen molar-refractivity contribution >= 4 is 95.5 Å². The first-order valence-corrected chi connectivity index (χ1v) is 48.7. The van der Waals surface area contributed by atoms with E-state index in [0.29, 0.717) is 56.4 Å². The SMILES string of the molecule is CCC(C)(C)C(=O)O.CCC(C)(C)C(=O)O.CCC(C)(C)C(=O)O.CCC(C)(C)C(=O)O.CCC(C)(C)C(=O)O.CCC(C)(C)C(=O)O.CCC(C)(C)C(=O)O.CCC(C)(C)C(=O)OC.CCC(C)(C)C(=O)OC.CCC(C)(C)C(=O)OC.CCC(C)(C)C(=O)OC.CCC(C)(C)C(=O)OC.CCC(C)(C)C(=O)OC.CCC(C)(C)C(=O)OC.CCC(C)(C)C(=O)OC.CCC(C)c1ccc(C(=O)O)cc1. The first-order valence-electron chi connectivity index (χ1n) is 48.7. The van der Waals surface area contributed by atoms with Crippen LogP contribution in [0.5, 0.6) is 0 Å². The van der Waals surface area contributed by atoms with Crippen molar-refractivity contribution in [2.75, 3.05) is 56.9 Å². The molecule has 0 saturated carbocycles. The molecule has 0 amide bonds. The number of carboxylic acid groups (broad SMARTS) is 8. The van der Waals surface area contributed by atoms with Gasteiger partial charge in [0, 0.05) is 0 Å². The Morgan fingerprint density at radius 2 is 0.284 bits per heavy atom. The fraction of sp³-hybridized carbons (Fsp3) is 0.798. The van der Waals surface area contributed by atoms with Crippen LogP contribution in [-0.2, 0) is 110 Å². The van der Waals surface area contributed by atoms with E-state index in [9.17, 15) is 76.7 Å². The number of rotatable bonds is 33. The highest BCUT2D eigenvalue weighted by Crippen LogP contribution is 2.30. The maximum atomic E-state index is 10.8. The number of carboxylic acids is 8. The van der Waals surface area contributed by atoms with Gasteiger partial charge in [-0.2, -0.15) is 0 Å². The number of ether oxygens (including phenoxy) is 8. The quantitative estimate of drug-likeness (QED) is 0.0239. The van der Waals surface area contributed by atoms with Gasteiger partial charge in [-0.3, -0.25) is 71.9 Å². The molecule has 32 heteroatoms. The minimum Gasteiger partial charge on any atom is -0.481 e. The summed E-state index contributed by atoms with van der Waals surface area (Å²) in [7, 11) is 11.3. The monoisotopic (exact) mass is 2030 g/mol. The zero-order chi connectivity index (χ0) is 117. The van der Waals surface area contributed by atoms with Crippen LogP contribution in [0.2, 0.25) is 0 Å². The van der Waals surface area contributed by atoms with Crippen LogP contribution in [0.25, 0.3) is 0 Å². The summed E-state index contributed by atoms with van der Waals surface area (Å²) in [6.45, 7) is 87.1. The van der Waals surface area contributed by atoms with Crippen molar-refractivity contribution in [3.63, 3.8) is 0 Å². The summed E-state index contributed by atoms with van der Waals surface area (Å²) < 4.78 is 36.5. The molecular weight excluding hydrogens is 1820 g/mol. The molecule has 1 atom stereocenters. The maximum Gasteiger partial charge on any atom is 0.335 e. The molecule has 1 rings (SSSR count). The van der Waals surface area contributed by atoms with E-state index in [0.717, 1.165) is 57.8 Å². The molecule has 8 N–H and O–H groups in total. The van der Waals surface area contributed by atoms with Gasteiger partial charge in [0.15, 0.2) is 0 Å². The van der Waals surface area contributed by atoms with Crippen LogP contribution in [0.4, 0.5) is 0 Å². The molecule has 0 aliphatic heterocycles. The summed E-state index contributed by atoms with van der Waals surface area (Å²) in [5, 5.41) is 67.8. The highest BCUT2D eigenvalue weighted by atomic mass is 16.6. The Balaban J connectivity index is -0.0000000925. The van der Waals surface area contributed by atoms with Gasteiger partial charge in [-0.05, 0) is 334 Å². The van der Waals surface area contributed by atoms with Gasteiger partial charge in [-0.1, -0.05) is 130 Å². The Morgan fingerprint density at radius 1 is 0.191 bits per heavy atom. The number of carbonyl (C=O) groups is 16. The van der Waals surface area contributed by atoms with Crippen LogP contribution >= 0.6 is 0 Å². The molecule has 0 heterocycles. The van der Waals surface area contributed by atoms with E-state index < -0.39 is 85.7 Å². The van der Waals surface area contributed by atoms with Crippen molar-refractivity contribution in [2.45, 2.75) is 434 Å². The Labute approximate surface area is 854 Å². The number of hydrogen-bond donors (Lipinski definition) is 8. The Bertz CT molecular complexity index is 3060. The Hall–Kier alpha value is -9.26. The molecule has 0 saturated heterocycles. The smallest absolute Gasteiger partial charge is 0.335 e. The number of hydrogen-bond acceptors (Lipinski definition) is 24. The highest BCUT2D eigenvalue weighted by molar-refractivity contribution is 5.87. The molecule has 838 valence electrons. The third-order valence-corrected chi connectivity index (χ3v) is 25.6. The van der Waals surface area contributed by atoms with Crippen molar-refractivity contribution < 1.29 is 155 Å². The van der Waals surface area contributed by atoms with Gasteiger partial charge in [0.25, 0.3) is 0 Å².